The number of phenolic OH excluding ortho intramolecular Hbond substituents is 2. The van der Waals surface area contributed by atoms with Crippen LogP contribution in [0.3, 0.4) is 0 Å². The third kappa shape index (κ3) is 1.24. The monoisotopic (exact) mass is 191 g/mol. The summed E-state index contributed by atoms with van der Waals surface area (Å²) in [6.45, 7) is 0. The molecule has 0 radical (unpaired) electrons. The molecule has 0 saturated heterocycles. The average Bonchev–Trinajstić information content (AvgIpc) is 2.51. The molecule has 2 rings (SSSR count). The predicted molar refractivity (Wildman–Crippen MR) is 51.8 cm³/mol. The topological polar surface area (TPSA) is 95.2 Å². The maximum Gasteiger partial charge on any atom is 0.145 e. The Morgan fingerprint density at radius 3 is 2.36 bits per heavy atom. The number of nitrogens with two attached hydrogens (primary N) is 1. The van der Waals surface area contributed by atoms with Crippen LogP contribution in [0.15, 0.2) is 24.3 Å². The Kier molecular flexibility index (Phi) is 1.78. The average molecular weight is 191 g/mol. The number of nitrogens with one attached hydrogen (secondary N) is 1. The first-order valence-corrected chi connectivity index (χ1v) is 4.00. The Bertz CT molecular complexity index is 445. The van der Waals surface area contributed by atoms with Crippen molar-refractivity contribution in [3.63, 3.8) is 0 Å². The van der Waals surface area contributed by atoms with Crippen molar-refractivity contribution in [2.45, 2.75) is 0 Å². The molecule has 0 spiro atoms. The smallest absolute Gasteiger partial charge is 0.145 e. The van der Waals surface area contributed by atoms with Gasteiger partial charge in [-0.1, -0.05) is 6.07 Å². The van der Waals surface area contributed by atoms with Crippen molar-refractivity contribution in [1.82, 2.24) is 10.2 Å². The minimum atomic E-state index is -0.0198. The Labute approximate surface area is 79.8 Å². The van der Waals surface area contributed by atoms with Gasteiger partial charge in [0.05, 0.1) is 11.3 Å². The highest BCUT2D eigenvalue weighted by atomic mass is 16.3. The van der Waals surface area contributed by atoms with E-state index < -0.39 is 0 Å². The molecule has 0 bridgehead atoms. The lowest BCUT2D eigenvalue weighted by Crippen LogP contribution is -1.81. The number of nitrogen functional groups attached to an aromatic ring is 1. The van der Waals surface area contributed by atoms with Gasteiger partial charge in [-0.3, -0.25) is 5.10 Å². The second kappa shape index (κ2) is 2.95. The standard InChI is InChI=1S/C9H9N3O2/c10-8-4-5(11-12-8)9-6(13)2-1-3-7(9)14/h1-4,13-14H,(H3,10,11,12). The third-order valence-electron chi connectivity index (χ3n) is 1.89. The number of H-pyrrole nitrogens is 1. The molecule has 2 aromatic rings. The lowest BCUT2D eigenvalue weighted by atomic mass is 10.1. The summed E-state index contributed by atoms with van der Waals surface area (Å²) in [7, 11) is 0. The van der Waals surface area contributed by atoms with Crippen LogP contribution in [-0.2, 0) is 0 Å². The van der Waals surface area contributed by atoms with E-state index in [0.29, 0.717) is 17.1 Å². The van der Waals surface area contributed by atoms with Gasteiger partial charge in [0, 0.05) is 6.07 Å². The summed E-state index contributed by atoms with van der Waals surface area (Å²) in [6, 6.07) is 6.04. The van der Waals surface area contributed by atoms with Crippen molar-refractivity contribution in [1.29, 1.82) is 0 Å². The summed E-state index contributed by atoms with van der Waals surface area (Å²) in [6.07, 6.45) is 0. The van der Waals surface area contributed by atoms with E-state index in [-0.39, 0.29) is 11.5 Å². The first-order chi connectivity index (χ1) is 6.68. The van der Waals surface area contributed by atoms with Crippen LogP contribution >= 0.6 is 0 Å². The van der Waals surface area contributed by atoms with Gasteiger partial charge in [0.2, 0.25) is 0 Å². The minimum Gasteiger partial charge on any atom is -0.507 e. The zero-order valence-electron chi connectivity index (χ0n) is 7.23. The van der Waals surface area contributed by atoms with Crippen LogP contribution in [0.2, 0.25) is 0 Å². The fourth-order valence-electron chi connectivity index (χ4n) is 1.27. The van der Waals surface area contributed by atoms with Crippen molar-refractivity contribution in [2.24, 2.45) is 0 Å². The van der Waals surface area contributed by atoms with Crippen LogP contribution in [0.25, 0.3) is 11.3 Å². The molecular formula is C9H9N3O2. The fraction of sp³-hybridized carbons (Fsp3) is 0. The molecule has 5 nitrogen and oxygen atoms in total. The van der Waals surface area contributed by atoms with Crippen LogP contribution in [0, 0.1) is 0 Å². The van der Waals surface area contributed by atoms with E-state index in [2.05, 4.69) is 10.2 Å². The van der Waals surface area contributed by atoms with E-state index in [1.54, 1.807) is 6.07 Å². The van der Waals surface area contributed by atoms with Gasteiger partial charge in [-0.05, 0) is 12.1 Å². The summed E-state index contributed by atoms with van der Waals surface area (Å²) in [5.41, 5.74) is 6.20. The molecule has 1 heterocycles. The van der Waals surface area contributed by atoms with E-state index in [1.807, 2.05) is 0 Å². The van der Waals surface area contributed by atoms with E-state index in [0.717, 1.165) is 0 Å². The van der Waals surface area contributed by atoms with Crippen LogP contribution in [0.1, 0.15) is 0 Å². The van der Waals surface area contributed by atoms with Gasteiger partial charge >= 0.3 is 0 Å². The fourth-order valence-corrected chi connectivity index (χ4v) is 1.27. The maximum absolute atomic E-state index is 9.51. The number of aromatic amines is 1. The van der Waals surface area contributed by atoms with Gasteiger partial charge in [-0.15, -0.1) is 0 Å². The molecule has 0 aliphatic rings. The van der Waals surface area contributed by atoms with E-state index in [4.69, 9.17) is 5.73 Å². The van der Waals surface area contributed by atoms with Crippen molar-refractivity contribution in [3.05, 3.63) is 24.3 Å². The molecule has 1 aromatic carbocycles. The van der Waals surface area contributed by atoms with Gasteiger partial charge in [0.25, 0.3) is 0 Å². The molecule has 0 aliphatic carbocycles. The number of aromatic hydroxyl groups is 2. The van der Waals surface area contributed by atoms with Gasteiger partial charge in [0.1, 0.15) is 17.3 Å². The van der Waals surface area contributed by atoms with Crippen molar-refractivity contribution >= 4 is 5.82 Å². The number of benzene rings is 1. The maximum atomic E-state index is 9.51. The highest BCUT2D eigenvalue weighted by Crippen LogP contribution is 2.35. The van der Waals surface area contributed by atoms with Gasteiger partial charge in [-0.25, -0.2) is 0 Å². The quantitative estimate of drug-likeness (QED) is 0.542. The second-order valence-corrected chi connectivity index (χ2v) is 2.88. The van der Waals surface area contributed by atoms with E-state index >= 15 is 0 Å². The SMILES string of the molecule is Nc1cc(-c2c(O)cccc2O)[nH]n1. The summed E-state index contributed by atoms with van der Waals surface area (Å²) in [5, 5.41) is 25.3. The zero-order valence-corrected chi connectivity index (χ0v) is 7.23. The van der Waals surface area contributed by atoms with Crippen LogP contribution < -0.4 is 5.73 Å². The summed E-state index contributed by atoms with van der Waals surface area (Å²) in [5.74, 6) is 0.268. The van der Waals surface area contributed by atoms with Crippen molar-refractivity contribution in [2.75, 3.05) is 5.73 Å². The molecule has 0 amide bonds. The van der Waals surface area contributed by atoms with Crippen LogP contribution in [0.5, 0.6) is 11.5 Å². The first kappa shape index (κ1) is 8.43. The number of hydrogen-bond donors (Lipinski definition) is 4. The Morgan fingerprint density at radius 2 is 1.86 bits per heavy atom. The molecule has 0 unspecified atom stereocenters. The lowest BCUT2D eigenvalue weighted by Gasteiger charge is -2.03. The number of hydrogen-bond acceptors (Lipinski definition) is 4. The van der Waals surface area contributed by atoms with Crippen molar-refractivity contribution in [3.8, 4) is 22.8 Å². The summed E-state index contributed by atoms with van der Waals surface area (Å²) < 4.78 is 0. The minimum absolute atomic E-state index is 0.0198. The molecule has 1 aromatic heterocycles. The molecule has 0 saturated carbocycles. The predicted octanol–water partition coefficient (Wildman–Crippen LogP) is 1.07. The molecular weight excluding hydrogens is 182 g/mol. The summed E-state index contributed by atoms with van der Waals surface area (Å²) >= 11 is 0. The second-order valence-electron chi connectivity index (χ2n) is 2.88. The molecule has 5 N–H and O–H groups in total. The molecule has 5 heteroatoms. The molecule has 72 valence electrons. The summed E-state index contributed by atoms with van der Waals surface area (Å²) in [4.78, 5) is 0. The highest BCUT2D eigenvalue weighted by Gasteiger charge is 2.11. The highest BCUT2D eigenvalue weighted by molar-refractivity contribution is 5.74. The third-order valence-corrected chi connectivity index (χ3v) is 1.89. The van der Waals surface area contributed by atoms with E-state index in [1.165, 1.54) is 18.2 Å². The number of phenols is 2. The Balaban J connectivity index is 2.61. The lowest BCUT2D eigenvalue weighted by molar-refractivity contribution is 0.454. The molecule has 14 heavy (non-hydrogen) atoms. The molecule has 0 fully saturated rings. The Hall–Kier alpha value is -2.17. The number of rotatable bonds is 1. The number of anilines is 1. The van der Waals surface area contributed by atoms with Crippen LogP contribution in [-0.4, -0.2) is 20.4 Å². The van der Waals surface area contributed by atoms with Crippen molar-refractivity contribution < 1.29 is 10.2 Å². The van der Waals surface area contributed by atoms with Gasteiger partial charge < -0.3 is 15.9 Å². The normalized spacial score (nSPS) is 10.3. The van der Waals surface area contributed by atoms with E-state index in [9.17, 15) is 10.2 Å². The number of nitrogens with zero attached hydrogens (tertiary/aromatic N) is 1. The Morgan fingerprint density at radius 1 is 1.21 bits per heavy atom. The largest absolute Gasteiger partial charge is 0.507 e. The number of aromatic nitrogens is 2. The molecule has 0 aliphatic heterocycles. The first-order valence-electron chi connectivity index (χ1n) is 4.00. The van der Waals surface area contributed by atoms with Crippen LogP contribution in [0.4, 0.5) is 5.82 Å². The molecule has 0 atom stereocenters. The van der Waals surface area contributed by atoms with Gasteiger partial charge in [0.15, 0.2) is 0 Å². The van der Waals surface area contributed by atoms with Gasteiger partial charge in [-0.2, -0.15) is 5.10 Å². The zero-order chi connectivity index (χ0) is 10.1.